The summed E-state index contributed by atoms with van der Waals surface area (Å²) in [5.74, 6) is 0.470. The van der Waals surface area contributed by atoms with Gasteiger partial charge in [-0.1, -0.05) is 43.5 Å². The standard InChI is InChI=1S/C23H33N3O2/c27-23-14-18(16-26-12-6-11-25-26)13-22(23)24-15-19-7-4-5-8-20(19)17-28-21-9-2-1-3-10-21/h4-8,11-12,18,21-24,27H,1-3,9-10,13-17H2/t18?,22-,23-/m1/s1. The summed E-state index contributed by atoms with van der Waals surface area (Å²) in [6.07, 6.45) is 12.1. The van der Waals surface area contributed by atoms with Crippen LogP contribution in [-0.4, -0.2) is 33.1 Å². The minimum Gasteiger partial charge on any atom is -0.391 e. The number of rotatable bonds is 8. The van der Waals surface area contributed by atoms with Crippen LogP contribution >= 0.6 is 0 Å². The summed E-state index contributed by atoms with van der Waals surface area (Å²) in [6, 6.07) is 10.6. The normalized spacial score (nSPS) is 26.0. The molecular weight excluding hydrogens is 350 g/mol. The molecule has 5 nitrogen and oxygen atoms in total. The Hall–Kier alpha value is -1.69. The lowest BCUT2D eigenvalue weighted by atomic mass is 9.98. The van der Waals surface area contributed by atoms with Crippen LogP contribution in [0, 0.1) is 5.92 Å². The van der Waals surface area contributed by atoms with E-state index < -0.39 is 0 Å². The van der Waals surface area contributed by atoms with Gasteiger partial charge >= 0.3 is 0 Å². The zero-order valence-electron chi connectivity index (χ0n) is 16.7. The van der Waals surface area contributed by atoms with Crippen LogP contribution in [0.25, 0.3) is 0 Å². The lowest BCUT2D eigenvalue weighted by molar-refractivity contribution is 0.0165. The molecule has 0 saturated heterocycles. The monoisotopic (exact) mass is 383 g/mol. The molecule has 2 N–H and O–H groups in total. The van der Waals surface area contributed by atoms with Crippen LogP contribution < -0.4 is 5.32 Å². The van der Waals surface area contributed by atoms with E-state index in [-0.39, 0.29) is 12.1 Å². The molecule has 4 rings (SSSR count). The zero-order valence-corrected chi connectivity index (χ0v) is 16.7. The Labute approximate surface area is 168 Å². The maximum absolute atomic E-state index is 10.5. The number of nitrogens with zero attached hydrogens (tertiary/aromatic N) is 2. The van der Waals surface area contributed by atoms with Gasteiger partial charge in [-0.25, -0.2) is 0 Å². The minimum absolute atomic E-state index is 0.146. The fourth-order valence-corrected chi connectivity index (χ4v) is 4.71. The Morgan fingerprint density at radius 3 is 2.68 bits per heavy atom. The Morgan fingerprint density at radius 2 is 1.89 bits per heavy atom. The molecule has 1 unspecified atom stereocenters. The summed E-state index contributed by atoms with van der Waals surface area (Å²) in [5, 5.41) is 18.4. The Bertz CT molecular complexity index is 712. The number of nitrogens with one attached hydrogen (secondary N) is 1. The molecule has 2 aliphatic rings. The summed E-state index contributed by atoms with van der Waals surface area (Å²) >= 11 is 0. The van der Waals surface area contributed by atoms with E-state index in [1.165, 1.54) is 43.2 Å². The number of ether oxygens (including phenoxy) is 1. The molecule has 1 heterocycles. The molecule has 2 fully saturated rings. The van der Waals surface area contributed by atoms with Crippen molar-refractivity contribution in [1.29, 1.82) is 0 Å². The minimum atomic E-state index is -0.286. The first kappa shape index (κ1) is 19.6. The molecule has 0 spiro atoms. The maximum Gasteiger partial charge on any atom is 0.0723 e. The molecule has 1 aromatic carbocycles. The van der Waals surface area contributed by atoms with Crippen molar-refractivity contribution in [3.05, 3.63) is 53.9 Å². The van der Waals surface area contributed by atoms with Crippen LogP contribution in [0.2, 0.25) is 0 Å². The molecular formula is C23H33N3O2. The van der Waals surface area contributed by atoms with E-state index in [1.807, 2.05) is 23.1 Å². The van der Waals surface area contributed by atoms with Gasteiger partial charge in [0.15, 0.2) is 0 Å². The van der Waals surface area contributed by atoms with Crippen molar-refractivity contribution in [2.75, 3.05) is 0 Å². The van der Waals surface area contributed by atoms with E-state index in [9.17, 15) is 5.11 Å². The summed E-state index contributed by atoms with van der Waals surface area (Å²) < 4.78 is 8.16. The second-order valence-electron chi connectivity index (χ2n) is 8.46. The van der Waals surface area contributed by atoms with Crippen molar-refractivity contribution in [3.8, 4) is 0 Å². The van der Waals surface area contributed by atoms with Gasteiger partial charge in [-0.15, -0.1) is 0 Å². The van der Waals surface area contributed by atoms with Gasteiger partial charge in [0.05, 0.1) is 18.8 Å². The molecule has 2 aliphatic carbocycles. The average molecular weight is 384 g/mol. The van der Waals surface area contributed by atoms with Crippen LogP contribution in [0.1, 0.15) is 56.1 Å². The van der Waals surface area contributed by atoms with Crippen LogP contribution in [0.4, 0.5) is 0 Å². The van der Waals surface area contributed by atoms with E-state index in [2.05, 4.69) is 34.7 Å². The molecule has 0 aliphatic heterocycles. The molecule has 3 atom stereocenters. The third kappa shape index (κ3) is 5.22. The van der Waals surface area contributed by atoms with Gasteiger partial charge in [0.1, 0.15) is 0 Å². The topological polar surface area (TPSA) is 59.3 Å². The van der Waals surface area contributed by atoms with Crippen LogP contribution in [0.5, 0.6) is 0 Å². The highest BCUT2D eigenvalue weighted by Crippen LogP contribution is 2.28. The highest BCUT2D eigenvalue weighted by molar-refractivity contribution is 5.26. The number of aromatic nitrogens is 2. The van der Waals surface area contributed by atoms with Crippen molar-refractivity contribution in [1.82, 2.24) is 15.1 Å². The van der Waals surface area contributed by atoms with Crippen molar-refractivity contribution >= 4 is 0 Å². The van der Waals surface area contributed by atoms with Crippen LogP contribution in [-0.2, 0) is 24.4 Å². The van der Waals surface area contributed by atoms with Gasteiger partial charge in [-0.05, 0) is 48.8 Å². The first-order chi connectivity index (χ1) is 13.8. The van der Waals surface area contributed by atoms with Gasteiger partial charge in [0.25, 0.3) is 0 Å². The van der Waals surface area contributed by atoms with Crippen molar-refractivity contribution in [2.45, 2.75) is 82.9 Å². The Balaban J connectivity index is 1.28. The van der Waals surface area contributed by atoms with E-state index in [0.717, 1.165) is 25.9 Å². The number of benzene rings is 1. The maximum atomic E-state index is 10.5. The molecule has 0 radical (unpaired) electrons. The zero-order chi connectivity index (χ0) is 19.2. The second-order valence-corrected chi connectivity index (χ2v) is 8.46. The summed E-state index contributed by atoms with van der Waals surface area (Å²) in [6.45, 7) is 2.35. The third-order valence-corrected chi connectivity index (χ3v) is 6.33. The number of aliphatic hydroxyl groups is 1. The van der Waals surface area contributed by atoms with Gasteiger partial charge < -0.3 is 15.2 Å². The Morgan fingerprint density at radius 1 is 1.07 bits per heavy atom. The van der Waals surface area contributed by atoms with Crippen molar-refractivity contribution in [2.24, 2.45) is 5.92 Å². The number of hydrogen-bond acceptors (Lipinski definition) is 4. The molecule has 0 amide bonds. The van der Waals surface area contributed by atoms with Gasteiger partial charge in [0.2, 0.25) is 0 Å². The molecule has 1 aromatic heterocycles. The highest BCUT2D eigenvalue weighted by Gasteiger charge is 2.32. The largest absolute Gasteiger partial charge is 0.391 e. The lowest BCUT2D eigenvalue weighted by Crippen LogP contribution is -2.35. The average Bonchev–Trinajstić information content (AvgIpc) is 3.36. The fourth-order valence-electron chi connectivity index (χ4n) is 4.71. The van der Waals surface area contributed by atoms with Gasteiger partial charge in [-0.2, -0.15) is 5.10 Å². The first-order valence-electron chi connectivity index (χ1n) is 10.8. The van der Waals surface area contributed by atoms with E-state index in [0.29, 0.717) is 18.6 Å². The van der Waals surface area contributed by atoms with Crippen LogP contribution in [0.15, 0.2) is 42.7 Å². The van der Waals surface area contributed by atoms with E-state index in [4.69, 9.17) is 4.74 Å². The number of aliphatic hydroxyl groups excluding tert-OH is 1. The van der Waals surface area contributed by atoms with Crippen molar-refractivity contribution in [3.63, 3.8) is 0 Å². The molecule has 2 saturated carbocycles. The van der Waals surface area contributed by atoms with E-state index in [1.54, 1.807) is 0 Å². The quantitative estimate of drug-likeness (QED) is 0.730. The molecule has 2 aromatic rings. The summed E-state index contributed by atoms with van der Waals surface area (Å²) in [7, 11) is 0. The fraction of sp³-hybridized carbons (Fsp3) is 0.609. The first-order valence-corrected chi connectivity index (χ1v) is 10.8. The highest BCUT2D eigenvalue weighted by atomic mass is 16.5. The van der Waals surface area contributed by atoms with Gasteiger partial charge in [0, 0.05) is 31.5 Å². The Kier molecular flexibility index (Phi) is 6.78. The predicted molar refractivity (Wildman–Crippen MR) is 110 cm³/mol. The smallest absolute Gasteiger partial charge is 0.0723 e. The third-order valence-electron chi connectivity index (χ3n) is 6.33. The molecule has 152 valence electrons. The SMILES string of the molecule is O[C@@H]1CC(Cn2cccn2)C[C@H]1NCc1ccccc1COC1CCCCC1. The van der Waals surface area contributed by atoms with Gasteiger partial charge in [-0.3, -0.25) is 4.68 Å². The number of hydrogen-bond donors (Lipinski definition) is 2. The molecule has 28 heavy (non-hydrogen) atoms. The second kappa shape index (κ2) is 9.68. The van der Waals surface area contributed by atoms with Crippen molar-refractivity contribution < 1.29 is 9.84 Å². The summed E-state index contributed by atoms with van der Waals surface area (Å²) in [5.41, 5.74) is 2.54. The molecule has 0 bridgehead atoms. The van der Waals surface area contributed by atoms with E-state index >= 15 is 0 Å². The van der Waals surface area contributed by atoms with Crippen LogP contribution in [0.3, 0.4) is 0 Å². The predicted octanol–water partition coefficient (Wildman–Crippen LogP) is 3.66. The summed E-state index contributed by atoms with van der Waals surface area (Å²) in [4.78, 5) is 0. The molecule has 5 heteroatoms. The lowest BCUT2D eigenvalue weighted by Gasteiger charge is -2.23.